The number of halogens is 5. The van der Waals surface area contributed by atoms with E-state index in [-0.39, 0.29) is 11.2 Å². The Morgan fingerprint density at radius 3 is 2.14 bits per heavy atom. The van der Waals surface area contributed by atoms with E-state index in [2.05, 4.69) is 4.98 Å². The summed E-state index contributed by atoms with van der Waals surface area (Å²) in [6.07, 6.45) is 1.04. The highest BCUT2D eigenvalue weighted by Gasteiger charge is 2.24. The second kappa shape index (κ2) is 5.49. The van der Waals surface area contributed by atoms with Crippen molar-refractivity contribution in [3.63, 3.8) is 0 Å². The van der Waals surface area contributed by atoms with E-state index in [9.17, 15) is 26.0 Å². The van der Waals surface area contributed by atoms with Gasteiger partial charge in [-0.3, -0.25) is 4.72 Å². The first-order chi connectivity index (χ1) is 9.72. The van der Waals surface area contributed by atoms with E-state index < -0.39 is 43.9 Å². The molecular weight excluding hydrogens is 336 g/mol. The highest BCUT2D eigenvalue weighted by atomic mass is 35.5. The number of sulfonamides is 1. The van der Waals surface area contributed by atoms with Crippen LogP contribution < -0.4 is 4.72 Å². The van der Waals surface area contributed by atoms with E-state index in [1.54, 1.807) is 0 Å². The molecule has 2 rings (SSSR count). The zero-order chi connectivity index (χ0) is 15.8. The van der Waals surface area contributed by atoms with Gasteiger partial charge in [0.15, 0.2) is 23.3 Å². The minimum atomic E-state index is -4.50. The van der Waals surface area contributed by atoms with Gasteiger partial charge in [-0.1, -0.05) is 11.6 Å². The third-order valence-electron chi connectivity index (χ3n) is 2.36. The quantitative estimate of drug-likeness (QED) is 0.530. The van der Waals surface area contributed by atoms with Crippen LogP contribution in [-0.4, -0.2) is 13.4 Å². The fourth-order valence-corrected chi connectivity index (χ4v) is 2.72. The van der Waals surface area contributed by atoms with Gasteiger partial charge in [-0.25, -0.2) is 31.0 Å². The van der Waals surface area contributed by atoms with Gasteiger partial charge in [0.25, 0.3) is 10.0 Å². The molecule has 0 saturated carbocycles. The number of aromatic nitrogens is 1. The summed E-state index contributed by atoms with van der Waals surface area (Å²) in [5.41, 5.74) is -1.46. The Morgan fingerprint density at radius 1 is 1.05 bits per heavy atom. The molecule has 0 atom stereocenters. The Bertz CT molecular complexity index is 788. The van der Waals surface area contributed by atoms with E-state index >= 15 is 0 Å². The highest BCUT2D eigenvalue weighted by Crippen LogP contribution is 2.26. The molecule has 1 aromatic carbocycles. The van der Waals surface area contributed by atoms with Crippen molar-refractivity contribution >= 4 is 27.3 Å². The highest BCUT2D eigenvalue weighted by molar-refractivity contribution is 7.92. The molecule has 0 fully saturated rings. The number of anilines is 1. The minimum absolute atomic E-state index is 0.0359. The molecule has 1 N–H and O–H groups in total. The van der Waals surface area contributed by atoms with Crippen LogP contribution in [0.25, 0.3) is 0 Å². The number of nitrogens with one attached hydrogen (secondary N) is 1. The molecule has 0 unspecified atom stereocenters. The first kappa shape index (κ1) is 15.5. The number of pyridine rings is 1. The molecule has 0 aliphatic heterocycles. The largest absolute Gasteiger partial charge is 0.274 e. The lowest BCUT2D eigenvalue weighted by Gasteiger charge is -2.10. The molecule has 0 aliphatic rings. The summed E-state index contributed by atoms with van der Waals surface area (Å²) in [5, 5.41) is -0.191. The van der Waals surface area contributed by atoms with Crippen LogP contribution in [0.2, 0.25) is 5.15 Å². The SMILES string of the molecule is O=S(=O)(Nc1c(F)c(F)cc(F)c1F)c1ccnc(Cl)c1. The molecule has 10 heteroatoms. The lowest BCUT2D eigenvalue weighted by atomic mass is 10.3. The van der Waals surface area contributed by atoms with Gasteiger partial charge in [-0.2, -0.15) is 0 Å². The molecule has 0 radical (unpaired) electrons. The van der Waals surface area contributed by atoms with Crippen molar-refractivity contribution < 1.29 is 26.0 Å². The Kier molecular flexibility index (Phi) is 4.06. The third kappa shape index (κ3) is 3.08. The molecule has 112 valence electrons. The van der Waals surface area contributed by atoms with Gasteiger partial charge in [-0.15, -0.1) is 0 Å². The number of benzene rings is 1. The Morgan fingerprint density at radius 2 is 1.62 bits per heavy atom. The first-order valence-corrected chi connectivity index (χ1v) is 7.06. The van der Waals surface area contributed by atoms with E-state index in [0.717, 1.165) is 18.3 Å². The van der Waals surface area contributed by atoms with Crippen LogP contribution in [0.3, 0.4) is 0 Å². The van der Waals surface area contributed by atoms with Crippen LogP contribution in [0.15, 0.2) is 29.3 Å². The van der Waals surface area contributed by atoms with Gasteiger partial charge in [0.2, 0.25) is 0 Å². The van der Waals surface area contributed by atoms with Crippen LogP contribution in [0.1, 0.15) is 0 Å². The van der Waals surface area contributed by atoms with E-state index in [4.69, 9.17) is 11.6 Å². The van der Waals surface area contributed by atoms with Gasteiger partial charge >= 0.3 is 0 Å². The maximum atomic E-state index is 13.4. The molecule has 0 amide bonds. The van der Waals surface area contributed by atoms with Gasteiger partial charge in [0.1, 0.15) is 10.8 Å². The zero-order valence-electron chi connectivity index (χ0n) is 9.87. The zero-order valence-corrected chi connectivity index (χ0v) is 11.4. The van der Waals surface area contributed by atoms with Gasteiger partial charge in [-0.05, 0) is 12.1 Å². The van der Waals surface area contributed by atoms with Crippen LogP contribution in [0.4, 0.5) is 23.2 Å². The summed E-state index contributed by atoms with van der Waals surface area (Å²) in [7, 11) is -4.50. The number of hydrogen-bond acceptors (Lipinski definition) is 3. The topological polar surface area (TPSA) is 59.1 Å². The predicted octanol–water partition coefficient (Wildman–Crippen LogP) is 3.09. The summed E-state index contributed by atoms with van der Waals surface area (Å²) in [5.74, 6) is -7.20. The van der Waals surface area contributed by atoms with Crippen molar-refractivity contribution in [2.24, 2.45) is 0 Å². The summed E-state index contributed by atoms with van der Waals surface area (Å²) in [4.78, 5) is 3.05. The van der Waals surface area contributed by atoms with Crippen LogP contribution >= 0.6 is 11.6 Å². The van der Waals surface area contributed by atoms with Crippen molar-refractivity contribution in [2.45, 2.75) is 4.90 Å². The molecule has 1 aromatic heterocycles. The second-order valence-electron chi connectivity index (χ2n) is 3.76. The van der Waals surface area contributed by atoms with Crippen molar-refractivity contribution in [1.29, 1.82) is 0 Å². The smallest absolute Gasteiger partial charge is 0.262 e. The van der Waals surface area contributed by atoms with Crippen LogP contribution in [0, 0.1) is 23.3 Å². The minimum Gasteiger partial charge on any atom is -0.274 e. The normalized spacial score (nSPS) is 11.5. The molecule has 0 spiro atoms. The third-order valence-corrected chi connectivity index (χ3v) is 3.91. The van der Waals surface area contributed by atoms with Gasteiger partial charge in [0, 0.05) is 12.3 Å². The summed E-state index contributed by atoms with van der Waals surface area (Å²) >= 11 is 5.50. The average molecular weight is 341 g/mol. The maximum Gasteiger partial charge on any atom is 0.262 e. The molecule has 1 heterocycles. The maximum absolute atomic E-state index is 13.4. The molecule has 0 aliphatic carbocycles. The average Bonchev–Trinajstić information content (AvgIpc) is 2.41. The van der Waals surface area contributed by atoms with Crippen molar-refractivity contribution in [3.8, 4) is 0 Å². The Balaban J connectivity index is 2.52. The Labute approximate surface area is 121 Å². The standard InChI is InChI=1S/C11H5ClF4N2O2S/c12-8-3-5(1-2-17-8)21(19,20)18-11-9(15)6(13)4-7(14)10(11)16/h1-4,18H. The fourth-order valence-electron chi connectivity index (χ4n) is 1.41. The molecule has 2 aromatic rings. The van der Waals surface area contributed by atoms with E-state index in [0.29, 0.717) is 0 Å². The lowest BCUT2D eigenvalue weighted by Crippen LogP contribution is -2.16. The fraction of sp³-hybridized carbons (Fsp3) is 0. The number of hydrogen-bond donors (Lipinski definition) is 1. The van der Waals surface area contributed by atoms with Crippen molar-refractivity contribution in [1.82, 2.24) is 4.98 Å². The molecule has 21 heavy (non-hydrogen) atoms. The van der Waals surface area contributed by atoms with E-state index in [1.165, 1.54) is 4.72 Å². The van der Waals surface area contributed by atoms with E-state index in [1.807, 2.05) is 0 Å². The number of rotatable bonds is 3. The summed E-state index contributed by atoms with van der Waals surface area (Å²) in [6.45, 7) is 0. The van der Waals surface area contributed by atoms with Crippen molar-refractivity contribution in [3.05, 3.63) is 52.8 Å². The number of nitrogens with zero attached hydrogens (tertiary/aromatic N) is 1. The predicted molar refractivity (Wildman–Crippen MR) is 66.3 cm³/mol. The molecule has 0 saturated heterocycles. The second-order valence-corrected chi connectivity index (χ2v) is 5.83. The van der Waals surface area contributed by atoms with Gasteiger partial charge in [0.05, 0.1) is 4.90 Å². The van der Waals surface area contributed by atoms with Crippen LogP contribution in [0.5, 0.6) is 0 Å². The monoisotopic (exact) mass is 340 g/mol. The van der Waals surface area contributed by atoms with Gasteiger partial charge < -0.3 is 0 Å². The summed E-state index contributed by atoms with van der Waals surface area (Å²) < 4.78 is 78.1. The lowest BCUT2D eigenvalue weighted by molar-refractivity contribution is 0.459. The Hall–Kier alpha value is -1.87. The molecular formula is C11H5ClF4N2O2S. The molecule has 0 bridgehead atoms. The van der Waals surface area contributed by atoms with Crippen LogP contribution in [-0.2, 0) is 10.0 Å². The van der Waals surface area contributed by atoms with Crippen molar-refractivity contribution in [2.75, 3.05) is 4.72 Å². The summed E-state index contributed by atoms with van der Waals surface area (Å²) in [6, 6.07) is 1.85. The first-order valence-electron chi connectivity index (χ1n) is 5.20. The molecule has 4 nitrogen and oxygen atoms in total.